The van der Waals surface area contributed by atoms with Crippen molar-refractivity contribution in [3.63, 3.8) is 0 Å². The Morgan fingerprint density at radius 2 is 1.84 bits per heavy atom. The van der Waals surface area contributed by atoms with Gasteiger partial charge in [0.25, 0.3) is 0 Å². The molecule has 4 rings (SSSR count). The Morgan fingerprint density at radius 1 is 1.06 bits per heavy atom. The summed E-state index contributed by atoms with van der Waals surface area (Å²) in [6, 6.07) is 21.4. The first-order chi connectivity index (χ1) is 15.1. The number of thioether (sulfide) groups is 1. The minimum Gasteiger partial charge on any atom is -0.508 e. The number of rotatable bonds is 7. The molecule has 0 spiro atoms. The lowest BCUT2D eigenvalue weighted by atomic mass is 10.2. The zero-order chi connectivity index (χ0) is 21.6. The maximum Gasteiger partial charge on any atom is 0.234 e. The Labute approximate surface area is 182 Å². The third-order valence-corrected chi connectivity index (χ3v) is 5.15. The summed E-state index contributed by atoms with van der Waals surface area (Å²) in [5.74, 6) is 1.56. The molecule has 1 aromatic heterocycles. The van der Waals surface area contributed by atoms with Crippen molar-refractivity contribution in [3.8, 4) is 22.9 Å². The van der Waals surface area contributed by atoms with Crippen molar-refractivity contribution in [1.29, 1.82) is 0 Å². The van der Waals surface area contributed by atoms with Gasteiger partial charge in [0.1, 0.15) is 17.2 Å². The molecule has 9 heteroatoms. The third-order valence-electron chi connectivity index (χ3n) is 4.23. The first-order valence-corrected chi connectivity index (χ1v) is 10.4. The summed E-state index contributed by atoms with van der Waals surface area (Å²) < 4.78 is 7.33. The number of nitrogens with one attached hydrogen (secondary N) is 1. The van der Waals surface area contributed by atoms with Gasteiger partial charge in [-0.2, -0.15) is 4.68 Å². The maximum atomic E-state index is 12.3. The number of ether oxygens (including phenoxy) is 1. The lowest BCUT2D eigenvalue weighted by Crippen LogP contribution is -2.14. The molecule has 0 saturated heterocycles. The van der Waals surface area contributed by atoms with Gasteiger partial charge in [-0.05, 0) is 83.6 Å². The first-order valence-electron chi connectivity index (χ1n) is 9.42. The van der Waals surface area contributed by atoms with E-state index >= 15 is 0 Å². The number of carbonyl (C=O) groups excluding carboxylic acids is 1. The summed E-state index contributed by atoms with van der Waals surface area (Å²) in [6.45, 7) is 2.01. The molecule has 0 aliphatic heterocycles. The molecule has 0 saturated carbocycles. The van der Waals surface area contributed by atoms with Crippen LogP contribution in [-0.4, -0.2) is 37.0 Å². The van der Waals surface area contributed by atoms with Gasteiger partial charge in [-0.25, -0.2) is 0 Å². The van der Waals surface area contributed by atoms with Crippen molar-refractivity contribution < 1.29 is 14.6 Å². The highest BCUT2D eigenvalue weighted by Gasteiger charge is 2.12. The van der Waals surface area contributed by atoms with Crippen LogP contribution in [-0.2, 0) is 4.79 Å². The minimum absolute atomic E-state index is 0.139. The van der Waals surface area contributed by atoms with Gasteiger partial charge < -0.3 is 15.2 Å². The highest BCUT2D eigenvalue weighted by Crippen LogP contribution is 2.24. The molecule has 0 aliphatic carbocycles. The van der Waals surface area contributed by atoms with E-state index in [1.54, 1.807) is 48.5 Å². The van der Waals surface area contributed by atoms with E-state index in [9.17, 15) is 9.90 Å². The average molecular weight is 433 g/mol. The molecule has 0 unspecified atom stereocenters. The summed E-state index contributed by atoms with van der Waals surface area (Å²) in [6.07, 6.45) is 0. The van der Waals surface area contributed by atoms with Crippen LogP contribution in [0.5, 0.6) is 17.2 Å². The van der Waals surface area contributed by atoms with Crippen LogP contribution in [0.25, 0.3) is 5.69 Å². The van der Waals surface area contributed by atoms with Gasteiger partial charge >= 0.3 is 0 Å². The van der Waals surface area contributed by atoms with Crippen molar-refractivity contribution >= 4 is 23.4 Å². The Kier molecular flexibility index (Phi) is 6.13. The molecule has 31 heavy (non-hydrogen) atoms. The SMILES string of the molecule is Cc1cccc(Oc2ccc(NC(=O)CSc3nnnn3-c3ccc(O)cc3)cc2)c1. The number of phenolic OH excluding ortho intramolecular Hbond substituents is 1. The summed E-state index contributed by atoms with van der Waals surface area (Å²) in [5, 5.41) is 24.3. The fraction of sp³-hybridized carbons (Fsp3) is 0.0909. The molecule has 2 N–H and O–H groups in total. The predicted octanol–water partition coefficient (Wildman–Crippen LogP) is 4.20. The summed E-state index contributed by atoms with van der Waals surface area (Å²) in [4.78, 5) is 12.3. The van der Waals surface area contributed by atoms with Gasteiger partial charge in [0.05, 0.1) is 11.4 Å². The number of aryl methyl sites for hydroxylation is 1. The van der Waals surface area contributed by atoms with E-state index in [4.69, 9.17) is 4.74 Å². The fourth-order valence-corrected chi connectivity index (χ4v) is 3.46. The predicted molar refractivity (Wildman–Crippen MR) is 118 cm³/mol. The van der Waals surface area contributed by atoms with Crippen molar-refractivity contribution in [2.24, 2.45) is 0 Å². The van der Waals surface area contributed by atoms with Gasteiger partial charge in [0.2, 0.25) is 11.1 Å². The standard InChI is InChI=1S/C22H19N5O3S/c1-15-3-2-4-20(13-15)30-19-11-5-16(6-12-19)23-21(29)14-31-22-24-25-26-27(22)17-7-9-18(28)10-8-17/h2-13,28H,14H2,1H3,(H,23,29). The van der Waals surface area contributed by atoms with Crippen LogP contribution in [0, 0.1) is 6.92 Å². The van der Waals surface area contributed by atoms with Crippen LogP contribution in [0.1, 0.15) is 5.56 Å². The number of tetrazole rings is 1. The highest BCUT2D eigenvalue weighted by molar-refractivity contribution is 7.99. The van der Waals surface area contributed by atoms with Crippen LogP contribution in [0.3, 0.4) is 0 Å². The van der Waals surface area contributed by atoms with Crippen LogP contribution < -0.4 is 10.1 Å². The van der Waals surface area contributed by atoms with Crippen LogP contribution in [0.4, 0.5) is 5.69 Å². The highest BCUT2D eigenvalue weighted by atomic mass is 32.2. The number of phenols is 1. The van der Waals surface area contributed by atoms with E-state index in [1.165, 1.54) is 16.4 Å². The van der Waals surface area contributed by atoms with Gasteiger partial charge in [0, 0.05) is 5.69 Å². The largest absolute Gasteiger partial charge is 0.508 e. The van der Waals surface area contributed by atoms with Crippen LogP contribution in [0.15, 0.2) is 78.0 Å². The zero-order valence-electron chi connectivity index (χ0n) is 16.6. The molecule has 1 heterocycles. The second-order valence-electron chi connectivity index (χ2n) is 6.67. The molecular formula is C22H19N5O3S. The van der Waals surface area contributed by atoms with E-state index in [-0.39, 0.29) is 17.4 Å². The van der Waals surface area contributed by atoms with Crippen molar-refractivity contribution in [2.45, 2.75) is 12.1 Å². The Morgan fingerprint density at radius 3 is 2.58 bits per heavy atom. The van der Waals surface area contributed by atoms with Gasteiger partial charge in [-0.1, -0.05) is 23.9 Å². The summed E-state index contributed by atoms with van der Waals surface area (Å²) in [5.41, 5.74) is 2.48. The molecule has 1 amide bonds. The first kappa shape index (κ1) is 20.4. The van der Waals surface area contributed by atoms with Gasteiger partial charge in [0.15, 0.2) is 0 Å². The molecule has 0 radical (unpaired) electrons. The molecule has 8 nitrogen and oxygen atoms in total. The Bertz CT molecular complexity index is 1180. The van der Waals surface area contributed by atoms with Crippen LogP contribution in [0.2, 0.25) is 0 Å². The monoisotopic (exact) mass is 433 g/mol. The third kappa shape index (κ3) is 5.40. The van der Waals surface area contributed by atoms with E-state index in [0.29, 0.717) is 22.3 Å². The molecule has 0 aliphatic rings. The molecule has 0 atom stereocenters. The molecule has 3 aromatic carbocycles. The minimum atomic E-state index is -0.183. The number of benzene rings is 3. The summed E-state index contributed by atoms with van der Waals surface area (Å²) in [7, 11) is 0. The van der Waals surface area contributed by atoms with Crippen molar-refractivity contribution in [1.82, 2.24) is 20.2 Å². The molecular weight excluding hydrogens is 414 g/mol. The van der Waals surface area contributed by atoms with E-state index < -0.39 is 0 Å². The van der Waals surface area contributed by atoms with Crippen LogP contribution >= 0.6 is 11.8 Å². The second kappa shape index (κ2) is 9.31. The number of carbonyl (C=O) groups is 1. The number of hydrogen-bond acceptors (Lipinski definition) is 7. The van der Waals surface area contributed by atoms with E-state index in [0.717, 1.165) is 11.3 Å². The quantitative estimate of drug-likeness (QED) is 0.421. The Balaban J connectivity index is 1.32. The summed E-state index contributed by atoms with van der Waals surface area (Å²) >= 11 is 1.21. The number of amides is 1. The number of aromatic hydroxyl groups is 1. The number of hydrogen-bond donors (Lipinski definition) is 2. The zero-order valence-corrected chi connectivity index (χ0v) is 17.4. The molecule has 0 fully saturated rings. The number of nitrogens with zero attached hydrogens (tertiary/aromatic N) is 4. The number of anilines is 1. The molecule has 4 aromatic rings. The smallest absolute Gasteiger partial charge is 0.234 e. The lowest BCUT2D eigenvalue weighted by molar-refractivity contribution is -0.113. The van der Waals surface area contributed by atoms with Crippen molar-refractivity contribution in [2.75, 3.05) is 11.1 Å². The number of aromatic nitrogens is 4. The fourth-order valence-electron chi connectivity index (χ4n) is 2.77. The van der Waals surface area contributed by atoms with E-state index in [2.05, 4.69) is 20.8 Å². The van der Waals surface area contributed by atoms with Crippen molar-refractivity contribution in [3.05, 3.63) is 78.4 Å². The lowest BCUT2D eigenvalue weighted by Gasteiger charge is -2.09. The van der Waals surface area contributed by atoms with Gasteiger partial charge in [-0.15, -0.1) is 5.10 Å². The Hall–Kier alpha value is -3.85. The molecule has 0 bridgehead atoms. The topological polar surface area (TPSA) is 102 Å². The normalized spacial score (nSPS) is 10.6. The molecule has 156 valence electrons. The van der Waals surface area contributed by atoms with E-state index in [1.807, 2.05) is 31.2 Å². The van der Waals surface area contributed by atoms with Gasteiger partial charge in [-0.3, -0.25) is 4.79 Å². The maximum absolute atomic E-state index is 12.3. The average Bonchev–Trinajstić information content (AvgIpc) is 3.23. The second-order valence-corrected chi connectivity index (χ2v) is 7.61.